The van der Waals surface area contributed by atoms with Crippen LogP contribution in [0.4, 0.5) is 4.79 Å². The van der Waals surface area contributed by atoms with Crippen molar-refractivity contribution in [3.63, 3.8) is 0 Å². The number of benzene rings is 1. The van der Waals surface area contributed by atoms with Gasteiger partial charge < -0.3 is 20.3 Å². The Morgan fingerprint density at radius 2 is 2.00 bits per heavy atom. The minimum atomic E-state index is -0.717. The Balaban J connectivity index is 1.36. The topological polar surface area (TPSA) is 79.2 Å². The van der Waals surface area contributed by atoms with Gasteiger partial charge in [-0.3, -0.25) is 0 Å². The summed E-state index contributed by atoms with van der Waals surface area (Å²) in [6.07, 6.45) is 7.48. The second kappa shape index (κ2) is 7.66. The van der Waals surface area contributed by atoms with E-state index in [0.717, 1.165) is 49.7 Å². The smallest absolute Gasteiger partial charge is 0.314 e. The molecule has 0 unspecified atom stereocenters. The van der Waals surface area contributed by atoms with Crippen molar-refractivity contribution >= 4 is 17.1 Å². The lowest BCUT2D eigenvalue weighted by Gasteiger charge is -2.32. The fourth-order valence-electron chi connectivity index (χ4n) is 3.33. The number of hydrogen-bond donors (Lipinski definition) is 3. The fraction of sp³-hybridized carbons (Fsp3) is 0.556. The summed E-state index contributed by atoms with van der Waals surface area (Å²) >= 11 is 0. The predicted molar refractivity (Wildman–Crippen MR) is 93.8 cm³/mol. The van der Waals surface area contributed by atoms with Crippen molar-refractivity contribution < 1.29 is 9.90 Å². The SMILES string of the molecule is O=C(NCCCn1cnc2ccccc21)NCC1(O)CCCCC1. The Hall–Kier alpha value is -2.08. The van der Waals surface area contributed by atoms with E-state index in [2.05, 4.69) is 20.2 Å². The van der Waals surface area contributed by atoms with Gasteiger partial charge in [0.1, 0.15) is 0 Å². The van der Waals surface area contributed by atoms with Crippen molar-refractivity contribution in [2.24, 2.45) is 0 Å². The highest BCUT2D eigenvalue weighted by Crippen LogP contribution is 2.27. The van der Waals surface area contributed by atoms with Gasteiger partial charge in [0.05, 0.1) is 23.0 Å². The van der Waals surface area contributed by atoms with Crippen LogP contribution in [0.25, 0.3) is 11.0 Å². The molecule has 1 aromatic heterocycles. The van der Waals surface area contributed by atoms with Crippen molar-refractivity contribution in [2.45, 2.75) is 50.7 Å². The standard InChI is InChI=1S/C18H26N4O2/c23-17(20-13-18(24)9-4-1-5-10-18)19-11-6-12-22-14-21-15-7-2-3-8-16(15)22/h2-3,7-8,14,24H,1,4-6,9-13H2,(H2,19,20,23). The van der Waals surface area contributed by atoms with E-state index in [4.69, 9.17) is 0 Å². The van der Waals surface area contributed by atoms with E-state index in [0.29, 0.717) is 13.1 Å². The molecule has 3 N–H and O–H groups in total. The van der Waals surface area contributed by atoms with E-state index >= 15 is 0 Å². The lowest BCUT2D eigenvalue weighted by Crippen LogP contribution is -2.47. The van der Waals surface area contributed by atoms with Gasteiger partial charge in [0.15, 0.2) is 0 Å². The van der Waals surface area contributed by atoms with Gasteiger partial charge in [0, 0.05) is 19.6 Å². The van der Waals surface area contributed by atoms with Crippen molar-refractivity contribution in [1.82, 2.24) is 20.2 Å². The Kier molecular flexibility index (Phi) is 5.35. The molecule has 130 valence electrons. The first-order valence-electron chi connectivity index (χ1n) is 8.80. The Labute approximate surface area is 142 Å². The van der Waals surface area contributed by atoms with Gasteiger partial charge in [0.2, 0.25) is 0 Å². The molecule has 0 atom stereocenters. The Morgan fingerprint density at radius 3 is 2.83 bits per heavy atom. The molecular formula is C18H26N4O2. The summed E-state index contributed by atoms with van der Waals surface area (Å²) in [7, 11) is 0. The molecule has 1 fully saturated rings. The van der Waals surface area contributed by atoms with Crippen LogP contribution in [0.3, 0.4) is 0 Å². The van der Waals surface area contributed by atoms with Gasteiger partial charge in [-0.05, 0) is 31.4 Å². The van der Waals surface area contributed by atoms with E-state index in [1.807, 2.05) is 30.6 Å². The zero-order chi connectivity index (χ0) is 16.8. The number of aryl methyl sites for hydroxylation is 1. The number of amides is 2. The highest BCUT2D eigenvalue weighted by molar-refractivity contribution is 5.75. The highest BCUT2D eigenvalue weighted by Gasteiger charge is 2.29. The van der Waals surface area contributed by atoms with Crippen LogP contribution in [0.15, 0.2) is 30.6 Å². The van der Waals surface area contributed by atoms with Gasteiger partial charge in [-0.15, -0.1) is 0 Å². The number of fused-ring (bicyclic) bond motifs is 1. The number of rotatable bonds is 6. The predicted octanol–water partition coefficient (Wildman–Crippen LogP) is 2.42. The molecule has 0 spiro atoms. The summed E-state index contributed by atoms with van der Waals surface area (Å²) < 4.78 is 2.10. The number of aromatic nitrogens is 2. The van der Waals surface area contributed by atoms with Gasteiger partial charge >= 0.3 is 6.03 Å². The number of aliphatic hydroxyl groups is 1. The molecule has 1 saturated carbocycles. The Morgan fingerprint density at radius 1 is 1.21 bits per heavy atom. The molecule has 1 aliphatic carbocycles. The normalized spacial score (nSPS) is 16.9. The van der Waals surface area contributed by atoms with Crippen LogP contribution in [0.5, 0.6) is 0 Å². The van der Waals surface area contributed by atoms with Crippen LogP contribution in [-0.4, -0.2) is 39.4 Å². The molecule has 0 aliphatic heterocycles. The molecule has 0 radical (unpaired) electrons. The van der Waals surface area contributed by atoms with Crippen LogP contribution < -0.4 is 10.6 Å². The number of carbonyl (C=O) groups excluding carboxylic acids is 1. The van der Waals surface area contributed by atoms with Gasteiger partial charge in [-0.2, -0.15) is 0 Å². The first-order chi connectivity index (χ1) is 11.7. The average Bonchev–Trinajstić information content (AvgIpc) is 3.01. The molecular weight excluding hydrogens is 304 g/mol. The molecule has 0 saturated heterocycles. The number of urea groups is 1. The zero-order valence-corrected chi connectivity index (χ0v) is 14.0. The Bertz CT molecular complexity index is 676. The number of para-hydroxylation sites is 2. The van der Waals surface area contributed by atoms with Gasteiger partial charge in [0.25, 0.3) is 0 Å². The minimum Gasteiger partial charge on any atom is -0.388 e. The highest BCUT2D eigenvalue weighted by atomic mass is 16.3. The minimum absolute atomic E-state index is 0.204. The van der Waals surface area contributed by atoms with E-state index in [1.165, 1.54) is 6.42 Å². The molecule has 24 heavy (non-hydrogen) atoms. The van der Waals surface area contributed by atoms with Gasteiger partial charge in [-0.1, -0.05) is 31.4 Å². The van der Waals surface area contributed by atoms with Crippen molar-refractivity contribution in [2.75, 3.05) is 13.1 Å². The second-order valence-electron chi connectivity index (χ2n) is 6.67. The second-order valence-corrected chi connectivity index (χ2v) is 6.67. The van der Waals surface area contributed by atoms with Crippen LogP contribution in [0, 0.1) is 0 Å². The molecule has 2 amide bonds. The number of carbonyl (C=O) groups is 1. The summed E-state index contributed by atoms with van der Waals surface area (Å²) in [5.41, 5.74) is 1.39. The summed E-state index contributed by atoms with van der Waals surface area (Å²) in [4.78, 5) is 16.2. The third kappa shape index (κ3) is 4.26. The maximum atomic E-state index is 11.8. The quantitative estimate of drug-likeness (QED) is 0.712. The summed E-state index contributed by atoms with van der Waals surface area (Å²) in [6.45, 7) is 1.74. The van der Waals surface area contributed by atoms with Crippen LogP contribution >= 0.6 is 0 Å². The average molecular weight is 330 g/mol. The maximum absolute atomic E-state index is 11.8. The lowest BCUT2D eigenvalue weighted by molar-refractivity contribution is 0.00720. The van der Waals surface area contributed by atoms with Crippen LogP contribution in [0.2, 0.25) is 0 Å². The third-order valence-corrected chi connectivity index (χ3v) is 4.75. The maximum Gasteiger partial charge on any atom is 0.314 e. The first kappa shape index (κ1) is 16.8. The molecule has 2 aromatic rings. The molecule has 6 heteroatoms. The first-order valence-corrected chi connectivity index (χ1v) is 8.80. The molecule has 1 heterocycles. The molecule has 6 nitrogen and oxygen atoms in total. The van der Waals surface area contributed by atoms with E-state index in [1.54, 1.807) is 0 Å². The van der Waals surface area contributed by atoms with Crippen LogP contribution in [-0.2, 0) is 6.54 Å². The van der Waals surface area contributed by atoms with Crippen LogP contribution in [0.1, 0.15) is 38.5 Å². The molecule has 3 rings (SSSR count). The fourth-order valence-corrected chi connectivity index (χ4v) is 3.33. The zero-order valence-electron chi connectivity index (χ0n) is 14.0. The molecule has 1 aliphatic rings. The van der Waals surface area contributed by atoms with E-state index < -0.39 is 5.60 Å². The van der Waals surface area contributed by atoms with Crippen molar-refractivity contribution in [1.29, 1.82) is 0 Å². The van der Waals surface area contributed by atoms with Crippen molar-refractivity contribution in [3.8, 4) is 0 Å². The van der Waals surface area contributed by atoms with Gasteiger partial charge in [-0.25, -0.2) is 9.78 Å². The number of nitrogens with one attached hydrogen (secondary N) is 2. The number of imidazole rings is 1. The van der Waals surface area contributed by atoms with E-state index in [-0.39, 0.29) is 6.03 Å². The summed E-state index contributed by atoms with van der Waals surface area (Å²) in [5.74, 6) is 0. The third-order valence-electron chi connectivity index (χ3n) is 4.75. The number of hydrogen-bond acceptors (Lipinski definition) is 3. The molecule has 0 bridgehead atoms. The molecule has 1 aromatic carbocycles. The largest absolute Gasteiger partial charge is 0.388 e. The monoisotopic (exact) mass is 330 g/mol. The van der Waals surface area contributed by atoms with Crippen molar-refractivity contribution in [3.05, 3.63) is 30.6 Å². The number of nitrogens with zero attached hydrogens (tertiary/aromatic N) is 2. The lowest BCUT2D eigenvalue weighted by atomic mass is 9.85. The van der Waals surface area contributed by atoms with E-state index in [9.17, 15) is 9.90 Å². The summed E-state index contributed by atoms with van der Waals surface area (Å²) in [5, 5.41) is 16.0. The summed E-state index contributed by atoms with van der Waals surface area (Å²) in [6, 6.07) is 7.82.